The summed E-state index contributed by atoms with van der Waals surface area (Å²) in [4.78, 5) is 56.0. The lowest BCUT2D eigenvalue weighted by atomic mass is 9.87. The minimum absolute atomic E-state index is 0.0264. The smallest absolute Gasteiger partial charge is 0.234 e. The van der Waals surface area contributed by atoms with Crippen molar-refractivity contribution in [2.45, 2.75) is 63.8 Å². The molecule has 0 aliphatic carbocycles. The van der Waals surface area contributed by atoms with Gasteiger partial charge in [0.05, 0.1) is 5.92 Å². The number of halogens is 1. The van der Waals surface area contributed by atoms with Crippen LogP contribution in [-0.4, -0.2) is 88.9 Å². The Bertz CT molecular complexity index is 2220. The zero-order valence-electron chi connectivity index (χ0n) is 31.7. The molecule has 3 aliphatic rings. The maximum Gasteiger partial charge on any atom is 0.234 e. The van der Waals surface area contributed by atoms with E-state index in [4.69, 9.17) is 4.42 Å². The molecule has 2 atom stereocenters. The lowest BCUT2D eigenvalue weighted by Gasteiger charge is -2.36. The van der Waals surface area contributed by atoms with Gasteiger partial charge in [0.2, 0.25) is 17.7 Å². The molecule has 3 fully saturated rings. The van der Waals surface area contributed by atoms with Gasteiger partial charge in [-0.3, -0.25) is 34.1 Å². The molecule has 290 valence electrons. The number of anilines is 1. The highest BCUT2D eigenvalue weighted by Gasteiger charge is 2.30. The van der Waals surface area contributed by atoms with Crippen LogP contribution in [0.25, 0.3) is 22.1 Å². The molecule has 2 aromatic heterocycles. The molecular formula is C44H47FN6O5. The van der Waals surface area contributed by atoms with Crippen molar-refractivity contribution in [2.24, 2.45) is 0 Å². The molecule has 8 rings (SSSR count). The van der Waals surface area contributed by atoms with Crippen molar-refractivity contribution in [2.75, 3.05) is 50.7 Å². The summed E-state index contributed by atoms with van der Waals surface area (Å²) in [6.45, 7) is 7.56. The van der Waals surface area contributed by atoms with E-state index in [0.717, 1.165) is 74.4 Å². The van der Waals surface area contributed by atoms with Gasteiger partial charge >= 0.3 is 0 Å². The fourth-order valence-electron chi connectivity index (χ4n) is 8.45. The Labute approximate surface area is 325 Å². The summed E-state index contributed by atoms with van der Waals surface area (Å²) in [5.41, 5.74) is 5.58. The molecule has 3 aliphatic heterocycles. The minimum Gasteiger partial charge on any atom is -0.450 e. The van der Waals surface area contributed by atoms with Crippen LogP contribution in [0.4, 0.5) is 10.1 Å². The first kappa shape index (κ1) is 37.3. The molecule has 0 radical (unpaired) electrons. The van der Waals surface area contributed by atoms with Crippen LogP contribution >= 0.6 is 0 Å². The van der Waals surface area contributed by atoms with E-state index in [1.54, 1.807) is 16.9 Å². The number of amides is 3. The van der Waals surface area contributed by atoms with Crippen molar-refractivity contribution in [1.82, 2.24) is 24.9 Å². The largest absolute Gasteiger partial charge is 0.450 e. The van der Waals surface area contributed by atoms with Crippen LogP contribution in [0.15, 0.2) is 83.5 Å². The fraction of sp³-hybridized carbons (Fsp3) is 0.386. The number of imide groups is 1. The van der Waals surface area contributed by atoms with Gasteiger partial charge in [-0.1, -0.05) is 36.4 Å². The van der Waals surface area contributed by atoms with Crippen LogP contribution in [0.1, 0.15) is 78.1 Å². The zero-order chi connectivity index (χ0) is 38.8. The number of hydrogen-bond acceptors (Lipinski definition) is 8. The Morgan fingerprint density at radius 3 is 2.45 bits per heavy atom. The number of likely N-dealkylation sites (tertiary alicyclic amines) is 1. The maximum atomic E-state index is 16.3. The summed E-state index contributed by atoms with van der Waals surface area (Å²) in [7, 11) is 0. The van der Waals surface area contributed by atoms with Crippen LogP contribution in [0.5, 0.6) is 0 Å². The molecule has 5 heterocycles. The lowest BCUT2D eigenvalue weighted by Crippen LogP contribution is -2.47. The Kier molecular flexibility index (Phi) is 10.8. The first-order valence-corrected chi connectivity index (χ1v) is 19.7. The van der Waals surface area contributed by atoms with Gasteiger partial charge in [-0.15, -0.1) is 0 Å². The number of aromatic nitrogens is 2. The highest BCUT2D eigenvalue weighted by molar-refractivity contribution is 6.02. The standard InChI is InChI=1S/C44H47FN6O5/c1-29(52)39-27-38-36(26-37(42(45)43(38)56-39)33-4-2-18-50(28-33)41(54)16-21-51-19-3-17-46-51)32-9-11-34(12-10-32)49-24-22-48(23-25-49)20-15-30-5-7-31(8-6-30)35-13-14-40(53)47-44(35)55/h3,5-12,17,19,26-27,33,35H,2,4,13-16,18,20-25,28H2,1H3,(H,47,53,55)/t33-,35?/m1/s1. The number of furan rings is 1. The van der Waals surface area contributed by atoms with Gasteiger partial charge in [0.25, 0.3) is 0 Å². The van der Waals surface area contributed by atoms with Gasteiger partial charge in [0.15, 0.2) is 22.9 Å². The van der Waals surface area contributed by atoms with Crippen molar-refractivity contribution >= 4 is 40.2 Å². The maximum absolute atomic E-state index is 16.3. The van der Waals surface area contributed by atoms with E-state index in [1.807, 2.05) is 35.4 Å². The van der Waals surface area contributed by atoms with Crippen molar-refractivity contribution in [1.29, 1.82) is 0 Å². The molecule has 1 unspecified atom stereocenters. The quantitative estimate of drug-likeness (QED) is 0.123. The second-order valence-electron chi connectivity index (χ2n) is 15.3. The number of hydrogen-bond donors (Lipinski definition) is 1. The highest BCUT2D eigenvalue weighted by Crippen LogP contribution is 2.40. The number of nitrogens with one attached hydrogen (secondary N) is 1. The topological polar surface area (TPSA) is 121 Å². The van der Waals surface area contributed by atoms with Gasteiger partial charge in [-0.05, 0) is 83.8 Å². The summed E-state index contributed by atoms with van der Waals surface area (Å²) in [6.07, 6.45) is 7.21. The van der Waals surface area contributed by atoms with E-state index in [-0.39, 0.29) is 46.7 Å². The van der Waals surface area contributed by atoms with E-state index in [0.29, 0.717) is 49.8 Å². The van der Waals surface area contributed by atoms with Gasteiger partial charge in [-0.25, -0.2) is 4.39 Å². The van der Waals surface area contributed by atoms with E-state index in [1.165, 1.54) is 12.5 Å². The van der Waals surface area contributed by atoms with Crippen molar-refractivity contribution in [3.63, 3.8) is 0 Å². The normalized spacial score (nSPS) is 19.4. The summed E-state index contributed by atoms with van der Waals surface area (Å²) in [6, 6.07) is 21.9. The molecule has 12 heteroatoms. The van der Waals surface area contributed by atoms with E-state index >= 15 is 4.39 Å². The predicted molar refractivity (Wildman–Crippen MR) is 211 cm³/mol. The number of rotatable bonds is 11. The van der Waals surface area contributed by atoms with Gasteiger partial charge in [0, 0.05) is 102 Å². The molecule has 5 aromatic rings. The summed E-state index contributed by atoms with van der Waals surface area (Å²) in [5.74, 6) is -1.47. The summed E-state index contributed by atoms with van der Waals surface area (Å²) in [5, 5.41) is 7.21. The van der Waals surface area contributed by atoms with E-state index in [9.17, 15) is 19.2 Å². The molecule has 0 saturated carbocycles. The van der Waals surface area contributed by atoms with Crippen LogP contribution in [-0.2, 0) is 27.3 Å². The second kappa shape index (κ2) is 16.2. The number of nitrogens with zero attached hydrogens (tertiary/aromatic N) is 5. The number of carbonyl (C=O) groups is 4. The minimum atomic E-state index is -0.467. The Balaban J connectivity index is 0.921. The number of ketones is 1. The molecule has 3 amide bonds. The number of fused-ring (bicyclic) bond motifs is 1. The van der Waals surface area contributed by atoms with Crippen molar-refractivity contribution < 1.29 is 28.0 Å². The Morgan fingerprint density at radius 2 is 1.73 bits per heavy atom. The predicted octanol–water partition coefficient (Wildman–Crippen LogP) is 6.32. The first-order valence-electron chi connectivity index (χ1n) is 19.7. The van der Waals surface area contributed by atoms with Crippen LogP contribution in [0, 0.1) is 5.82 Å². The van der Waals surface area contributed by atoms with Crippen LogP contribution in [0.3, 0.4) is 0 Å². The van der Waals surface area contributed by atoms with E-state index in [2.05, 4.69) is 56.6 Å². The molecule has 3 saturated heterocycles. The van der Waals surface area contributed by atoms with Crippen LogP contribution in [0.2, 0.25) is 0 Å². The van der Waals surface area contributed by atoms with Gasteiger partial charge < -0.3 is 14.2 Å². The Hall–Kier alpha value is -5.62. The Morgan fingerprint density at radius 1 is 0.946 bits per heavy atom. The SMILES string of the molecule is CC(=O)c1cc2c(-c3ccc(N4CCN(CCc5ccc(C6CCC(=O)NC6=O)cc5)CC4)cc3)cc([C@@H]3CCCN(C(=O)CCn4cccn4)C3)c(F)c2o1. The average Bonchev–Trinajstić information content (AvgIpc) is 3.92. The number of aryl methyl sites for hydroxylation is 1. The molecular weight excluding hydrogens is 712 g/mol. The summed E-state index contributed by atoms with van der Waals surface area (Å²) < 4.78 is 23.9. The number of benzene rings is 3. The number of piperidine rings is 2. The zero-order valence-corrected chi connectivity index (χ0v) is 31.7. The molecule has 0 bridgehead atoms. The number of Topliss-reactive ketones (excluding diaryl/α,β-unsaturated/α-hetero) is 1. The van der Waals surface area contributed by atoms with Gasteiger partial charge in [0.1, 0.15) is 0 Å². The third-order valence-corrected chi connectivity index (χ3v) is 11.7. The third-order valence-electron chi connectivity index (χ3n) is 11.7. The molecule has 56 heavy (non-hydrogen) atoms. The summed E-state index contributed by atoms with van der Waals surface area (Å²) >= 11 is 0. The highest BCUT2D eigenvalue weighted by atomic mass is 19.1. The average molecular weight is 759 g/mol. The van der Waals surface area contributed by atoms with Gasteiger partial charge in [-0.2, -0.15) is 5.10 Å². The van der Waals surface area contributed by atoms with Crippen molar-refractivity contribution in [3.05, 3.63) is 107 Å². The molecule has 11 nitrogen and oxygen atoms in total. The molecule has 0 spiro atoms. The van der Waals surface area contributed by atoms with Crippen molar-refractivity contribution in [3.8, 4) is 11.1 Å². The first-order chi connectivity index (χ1) is 27.2. The number of carbonyl (C=O) groups excluding carboxylic acids is 4. The molecule has 1 N–H and O–H groups in total. The third kappa shape index (κ3) is 8.02. The number of piperazine rings is 1. The fourth-order valence-corrected chi connectivity index (χ4v) is 8.45. The second-order valence-corrected chi connectivity index (χ2v) is 15.3. The van der Waals surface area contributed by atoms with E-state index < -0.39 is 5.82 Å². The van der Waals surface area contributed by atoms with Crippen LogP contribution < -0.4 is 10.2 Å². The molecule has 3 aromatic carbocycles. The monoisotopic (exact) mass is 758 g/mol. The lowest BCUT2D eigenvalue weighted by molar-refractivity contribution is -0.134.